The highest BCUT2D eigenvalue weighted by molar-refractivity contribution is 9.09. The van der Waals surface area contributed by atoms with Crippen LogP contribution in [0.4, 0.5) is 11.4 Å². The van der Waals surface area contributed by atoms with Crippen LogP contribution >= 0.6 is 15.9 Å². The average molecular weight is 588 g/mol. The summed E-state index contributed by atoms with van der Waals surface area (Å²) in [5.74, 6) is 0. The number of nitrogens with zero attached hydrogens (tertiary/aromatic N) is 4. The maximum Gasteiger partial charge on any atom is 0.271 e. The van der Waals surface area contributed by atoms with E-state index in [1.54, 1.807) is 11.8 Å². The van der Waals surface area contributed by atoms with Crippen molar-refractivity contribution >= 4 is 47.4 Å². The number of anilines is 1. The molecule has 0 N–H and O–H groups in total. The number of halogens is 1. The molecule has 15 heteroatoms. The van der Waals surface area contributed by atoms with E-state index in [0.717, 1.165) is 12.3 Å². The number of likely N-dealkylation sites (N-methyl/N-ethyl adjacent to an activating group) is 1. The highest BCUT2D eigenvalue weighted by atomic mass is 79.9. The van der Waals surface area contributed by atoms with Gasteiger partial charge in [0.2, 0.25) is 10.0 Å². The summed E-state index contributed by atoms with van der Waals surface area (Å²) in [5, 5.41) is 11.9. The Balaban J connectivity index is 2.42. The number of alkyl halides is 1. The molecule has 1 aliphatic rings. The highest BCUT2D eigenvalue weighted by Crippen LogP contribution is 2.35. The fourth-order valence-electron chi connectivity index (χ4n) is 3.57. The maximum atomic E-state index is 13.6. The first-order chi connectivity index (χ1) is 15.9. The summed E-state index contributed by atoms with van der Waals surface area (Å²) in [6, 6.07) is 2.36. The van der Waals surface area contributed by atoms with Crippen LogP contribution in [-0.2, 0) is 29.1 Å². The van der Waals surface area contributed by atoms with Gasteiger partial charge in [-0.3, -0.25) is 19.2 Å². The third kappa shape index (κ3) is 8.10. The first-order valence-electron chi connectivity index (χ1n) is 10.6. The van der Waals surface area contributed by atoms with Gasteiger partial charge in [-0.25, -0.2) is 8.42 Å². The number of ether oxygens (including phenoxy) is 1. The number of nitro benzene ring substituents is 1. The van der Waals surface area contributed by atoms with Gasteiger partial charge in [0.1, 0.15) is 4.90 Å². The van der Waals surface area contributed by atoms with Crippen LogP contribution in [0.5, 0.6) is 0 Å². The number of nitro groups is 1. The molecule has 0 radical (unpaired) electrons. The molecule has 0 unspecified atom stereocenters. The Labute approximate surface area is 209 Å². The molecule has 0 bridgehead atoms. The van der Waals surface area contributed by atoms with Crippen molar-refractivity contribution in [1.82, 2.24) is 9.21 Å². The van der Waals surface area contributed by atoms with Crippen molar-refractivity contribution < 1.29 is 30.7 Å². The van der Waals surface area contributed by atoms with Crippen molar-refractivity contribution in [3.05, 3.63) is 27.8 Å². The molecule has 2 rings (SSSR count). The van der Waals surface area contributed by atoms with E-state index in [-0.39, 0.29) is 36.0 Å². The minimum Gasteiger partial charge on any atom is -0.379 e. The van der Waals surface area contributed by atoms with Gasteiger partial charge in [0.15, 0.2) is 0 Å². The fraction of sp³-hybridized carbons (Fsp3) is 0.684. The zero-order valence-corrected chi connectivity index (χ0v) is 22.7. The van der Waals surface area contributed by atoms with E-state index < -0.39 is 25.1 Å². The number of non-ortho nitro benzene ring substituents is 1. The summed E-state index contributed by atoms with van der Waals surface area (Å²) >= 11 is 3.33. The standard InChI is InChI=1S/C19H31BrN4O8S2/c1-16-14-17(24(25)26)15-18(19(16)23(5-4-20)10-13-32-33(3,27)28)34(29,30)21(2)6-7-22-8-11-31-12-9-22/h14-15H,4-13H2,1-3H3. The molecular formula is C19H31BrN4O8S2. The van der Waals surface area contributed by atoms with Crippen LogP contribution in [0.1, 0.15) is 5.56 Å². The van der Waals surface area contributed by atoms with Crippen molar-refractivity contribution in [2.45, 2.75) is 11.8 Å². The predicted molar refractivity (Wildman–Crippen MR) is 132 cm³/mol. The summed E-state index contributed by atoms with van der Waals surface area (Å²) in [6.45, 7) is 5.05. The number of aryl methyl sites for hydroxylation is 1. The SMILES string of the molecule is Cc1cc([N+](=O)[O-])cc(S(=O)(=O)N(C)CCN2CCOCC2)c1N(CCBr)CCOS(C)(=O)=O. The van der Waals surface area contributed by atoms with Crippen molar-refractivity contribution in [1.29, 1.82) is 0 Å². The fourth-order valence-corrected chi connectivity index (χ4v) is 5.83. The third-order valence-electron chi connectivity index (χ3n) is 5.31. The summed E-state index contributed by atoms with van der Waals surface area (Å²) in [4.78, 5) is 14.4. The molecule has 0 aliphatic carbocycles. The minimum atomic E-state index is -4.11. The minimum absolute atomic E-state index is 0.0668. The van der Waals surface area contributed by atoms with E-state index in [1.807, 2.05) is 0 Å². The van der Waals surface area contributed by atoms with Gasteiger partial charge >= 0.3 is 0 Å². The Morgan fingerprint density at radius 1 is 1.18 bits per heavy atom. The van der Waals surface area contributed by atoms with Crippen LogP contribution in [0.3, 0.4) is 0 Å². The lowest BCUT2D eigenvalue weighted by atomic mass is 10.1. The van der Waals surface area contributed by atoms with Crippen LogP contribution < -0.4 is 4.90 Å². The number of sulfonamides is 1. The van der Waals surface area contributed by atoms with Gasteiger partial charge in [-0.1, -0.05) is 15.9 Å². The summed E-state index contributed by atoms with van der Waals surface area (Å²) < 4.78 is 61.3. The number of hydrogen-bond donors (Lipinski definition) is 0. The van der Waals surface area contributed by atoms with Crippen molar-refractivity contribution in [2.75, 3.05) is 82.6 Å². The molecule has 34 heavy (non-hydrogen) atoms. The molecule has 0 atom stereocenters. The Hall–Kier alpha value is -1.36. The number of morpholine rings is 1. The second-order valence-corrected chi connectivity index (χ2v) is 12.3. The predicted octanol–water partition coefficient (Wildman–Crippen LogP) is 1.03. The molecule has 1 heterocycles. The molecule has 1 saturated heterocycles. The molecule has 1 aromatic rings. The summed E-state index contributed by atoms with van der Waals surface area (Å²) in [7, 11) is -6.35. The molecule has 1 aliphatic heterocycles. The first-order valence-corrected chi connectivity index (χ1v) is 15.0. The van der Waals surface area contributed by atoms with Gasteiger partial charge in [-0.05, 0) is 12.5 Å². The molecule has 0 amide bonds. The number of rotatable bonds is 13. The monoisotopic (exact) mass is 586 g/mol. The quantitative estimate of drug-likeness (QED) is 0.142. The summed E-state index contributed by atoms with van der Waals surface area (Å²) in [5.41, 5.74) is 0.322. The molecular weight excluding hydrogens is 556 g/mol. The Morgan fingerprint density at radius 3 is 2.38 bits per heavy atom. The molecule has 0 saturated carbocycles. The van der Waals surface area contributed by atoms with Crippen LogP contribution in [0.15, 0.2) is 17.0 Å². The smallest absolute Gasteiger partial charge is 0.271 e. The average Bonchev–Trinajstić information content (AvgIpc) is 2.76. The third-order valence-corrected chi connectivity index (χ3v) is 8.13. The van der Waals surface area contributed by atoms with Crippen molar-refractivity contribution in [2.24, 2.45) is 0 Å². The molecule has 0 aromatic heterocycles. The Morgan fingerprint density at radius 2 is 1.82 bits per heavy atom. The highest BCUT2D eigenvalue weighted by Gasteiger charge is 2.31. The zero-order chi connectivity index (χ0) is 25.5. The molecule has 1 aromatic carbocycles. The van der Waals surface area contributed by atoms with Crippen molar-refractivity contribution in [3.63, 3.8) is 0 Å². The molecule has 12 nitrogen and oxygen atoms in total. The van der Waals surface area contributed by atoms with Gasteiger partial charge in [-0.15, -0.1) is 0 Å². The second kappa shape index (κ2) is 12.6. The largest absolute Gasteiger partial charge is 0.379 e. The zero-order valence-electron chi connectivity index (χ0n) is 19.5. The Bertz CT molecular complexity index is 1060. The van der Waals surface area contributed by atoms with Gasteiger partial charge in [0.05, 0.1) is 36.7 Å². The second-order valence-electron chi connectivity index (χ2n) is 7.85. The van der Waals surface area contributed by atoms with E-state index in [4.69, 9.17) is 8.92 Å². The van der Waals surface area contributed by atoms with E-state index in [0.29, 0.717) is 50.3 Å². The Kier molecular flexibility index (Phi) is 10.7. The number of hydrogen-bond acceptors (Lipinski definition) is 10. The lowest BCUT2D eigenvalue weighted by Gasteiger charge is -2.30. The topological polar surface area (TPSA) is 140 Å². The molecule has 1 fully saturated rings. The van der Waals surface area contributed by atoms with Crippen LogP contribution in [0, 0.1) is 17.0 Å². The van der Waals surface area contributed by atoms with Gasteiger partial charge in [0, 0.05) is 63.8 Å². The van der Waals surface area contributed by atoms with Gasteiger partial charge < -0.3 is 9.64 Å². The lowest BCUT2D eigenvalue weighted by Crippen LogP contribution is -2.42. The summed E-state index contributed by atoms with van der Waals surface area (Å²) in [6.07, 6.45) is 0.929. The maximum absolute atomic E-state index is 13.6. The normalized spacial score (nSPS) is 15.6. The molecule has 194 valence electrons. The van der Waals surface area contributed by atoms with Crippen LogP contribution in [0.2, 0.25) is 0 Å². The molecule has 0 spiro atoms. The first kappa shape index (κ1) is 28.9. The lowest BCUT2D eigenvalue weighted by molar-refractivity contribution is -0.385. The van der Waals surface area contributed by atoms with E-state index >= 15 is 0 Å². The van der Waals surface area contributed by atoms with E-state index in [1.165, 1.54) is 17.4 Å². The van der Waals surface area contributed by atoms with Crippen LogP contribution in [-0.4, -0.2) is 109 Å². The van der Waals surface area contributed by atoms with E-state index in [9.17, 15) is 26.9 Å². The number of benzene rings is 1. The van der Waals surface area contributed by atoms with E-state index in [2.05, 4.69) is 20.8 Å². The van der Waals surface area contributed by atoms with Gasteiger partial charge in [-0.2, -0.15) is 12.7 Å². The van der Waals surface area contributed by atoms with Gasteiger partial charge in [0.25, 0.3) is 15.8 Å². The van der Waals surface area contributed by atoms with Crippen molar-refractivity contribution in [3.8, 4) is 0 Å². The van der Waals surface area contributed by atoms with Crippen LogP contribution in [0.25, 0.3) is 0 Å².